The fourth-order valence-corrected chi connectivity index (χ4v) is 9.07. The van der Waals surface area contributed by atoms with Crippen molar-refractivity contribution in [2.24, 2.45) is 0 Å². The number of aromatic nitrogens is 8. The summed E-state index contributed by atoms with van der Waals surface area (Å²) in [5.41, 5.74) is 7.98. The number of nitrogens with one attached hydrogen (secondary N) is 6. The summed E-state index contributed by atoms with van der Waals surface area (Å²) in [6, 6.07) is 39.5. The summed E-state index contributed by atoms with van der Waals surface area (Å²) in [7, 11) is 0. The van der Waals surface area contributed by atoms with Gasteiger partial charge < -0.3 is 35.7 Å². The summed E-state index contributed by atoms with van der Waals surface area (Å²) in [6.07, 6.45) is 14.9. The molecule has 0 radical (unpaired) electrons. The largest absolute Gasteiger partial charge is 0.494 e. The first-order valence-corrected chi connectivity index (χ1v) is 25.1. The van der Waals surface area contributed by atoms with E-state index in [4.69, 9.17) is 14.1 Å². The fraction of sp³-hybridized carbons (Fsp3) is 0.207. The van der Waals surface area contributed by atoms with Crippen molar-refractivity contribution in [2.75, 3.05) is 33.2 Å². The van der Waals surface area contributed by atoms with E-state index in [-0.39, 0.29) is 6.04 Å². The standard InChI is InChI=1S/C21H27N5O.C20H15N5O.C17H15N3O2/c1-3-27-18-11-9-17(10-12-18)24-21-15(2)20(23-16-7-5-4-6-8-16)25-19-13-14-22-26(19)21;1-12-21-7-6-19(23-12)24-15-8-14-11-22-25-20(14)16(10-15)18-9-13-4-2-3-5-17(13)26-18;1-11(12-5-3-2-4-6-12)19-14-15(17(22)16(14)21)20-13-7-9-18-10-8-13/h9-14,16,24H,3-8H2,1-2H3,(H,23,25);2-11H,1H3,(H,22,25)(H,21,23,24);2-11,19H,1H3,(H,18,20)/t;;11-/m..1/s1. The van der Waals surface area contributed by atoms with Gasteiger partial charge in [0.05, 0.1) is 24.5 Å². The molecule has 75 heavy (non-hydrogen) atoms. The maximum atomic E-state index is 11.8. The molecule has 17 nitrogen and oxygen atoms in total. The summed E-state index contributed by atoms with van der Waals surface area (Å²) < 4.78 is 13.4. The number of hydrogen-bond donors (Lipinski definition) is 6. The molecule has 6 aromatic heterocycles. The minimum atomic E-state index is -0.500. The molecular weight excluding hydrogens is 943 g/mol. The van der Waals surface area contributed by atoms with Gasteiger partial charge in [-0.15, -0.1) is 0 Å². The highest BCUT2D eigenvalue weighted by Gasteiger charge is 2.23. The number of pyridine rings is 1. The van der Waals surface area contributed by atoms with Gasteiger partial charge in [0, 0.05) is 75.7 Å². The van der Waals surface area contributed by atoms with Crippen LogP contribution in [0.15, 0.2) is 166 Å². The Morgan fingerprint density at radius 2 is 1.51 bits per heavy atom. The van der Waals surface area contributed by atoms with Crippen LogP contribution in [-0.4, -0.2) is 52.4 Å². The number of ether oxygens (including phenoxy) is 1. The van der Waals surface area contributed by atoms with Crippen molar-refractivity contribution >= 4 is 73.4 Å². The molecule has 1 saturated carbocycles. The third kappa shape index (κ3) is 11.5. The van der Waals surface area contributed by atoms with Gasteiger partial charge in [-0.1, -0.05) is 67.8 Å². The number of benzene rings is 4. The zero-order valence-corrected chi connectivity index (χ0v) is 42.1. The molecule has 17 heteroatoms. The number of anilines is 8. The zero-order chi connectivity index (χ0) is 51.7. The normalized spacial score (nSPS) is 12.9. The Morgan fingerprint density at radius 3 is 2.28 bits per heavy atom. The fourth-order valence-electron chi connectivity index (χ4n) is 9.07. The molecule has 1 aliphatic rings. The van der Waals surface area contributed by atoms with Crippen LogP contribution in [0.25, 0.3) is 38.8 Å². The lowest BCUT2D eigenvalue weighted by molar-refractivity contribution is 0.340. The third-order valence-corrected chi connectivity index (χ3v) is 13.0. The molecule has 6 N–H and O–H groups in total. The topological polar surface area (TPSA) is 214 Å². The van der Waals surface area contributed by atoms with Crippen LogP contribution in [0.5, 0.6) is 5.75 Å². The van der Waals surface area contributed by atoms with E-state index in [0.717, 1.165) is 96.1 Å². The van der Waals surface area contributed by atoms with Crippen molar-refractivity contribution in [2.45, 2.75) is 71.9 Å². The second-order valence-corrected chi connectivity index (χ2v) is 18.3. The molecule has 378 valence electrons. The summed E-state index contributed by atoms with van der Waals surface area (Å²) in [4.78, 5) is 40.8. The van der Waals surface area contributed by atoms with Gasteiger partial charge in [-0.05, 0) is 113 Å². The molecule has 0 bridgehead atoms. The predicted molar refractivity (Wildman–Crippen MR) is 298 cm³/mol. The van der Waals surface area contributed by atoms with Crippen LogP contribution in [0.2, 0.25) is 0 Å². The number of H-pyrrole nitrogens is 1. The lowest BCUT2D eigenvalue weighted by atomic mass is 9.95. The van der Waals surface area contributed by atoms with Crippen LogP contribution in [0.1, 0.15) is 68.9 Å². The van der Waals surface area contributed by atoms with Gasteiger partial charge in [-0.2, -0.15) is 14.7 Å². The van der Waals surface area contributed by atoms with Crippen LogP contribution in [0.3, 0.4) is 0 Å². The Hall–Kier alpha value is -9.38. The van der Waals surface area contributed by atoms with Gasteiger partial charge in [0.2, 0.25) is 0 Å². The maximum absolute atomic E-state index is 11.8. The molecule has 1 atom stereocenters. The first-order valence-electron chi connectivity index (χ1n) is 25.1. The van der Waals surface area contributed by atoms with Gasteiger partial charge in [-0.25, -0.2) is 15.0 Å². The monoisotopic (exact) mass is 999 g/mol. The van der Waals surface area contributed by atoms with Crippen molar-refractivity contribution < 1.29 is 9.15 Å². The van der Waals surface area contributed by atoms with Crippen molar-refractivity contribution in [1.29, 1.82) is 0 Å². The molecular formula is C58H57N13O4. The average molecular weight is 1000 g/mol. The van der Waals surface area contributed by atoms with Crippen molar-refractivity contribution in [1.82, 2.24) is 39.7 Å². The Labute approximate surface area is 432 Å². The minimum absolute atomic E-state index is 0.0671. The van der Waals surface area contributed by atoms with Gasteiger partial charge >= 0.3 is 0 Å². The summed E-state index contributed by atoms with van der Waals surface area (Å²) in [6.45, 7) is 8.56. The second kappa shape index (κ2) is 22.6. The molecule has 0 aliphatic heterocycles. The number of furan rings is 1. The van der Waals surface area contributed by atoms with Crippen molar-refractivity contribution in [3.05, 3.63) is 190 Å². The SMILES string of the molecule is CCOc1ccc(Nc2c(C)c(NC3CCCCC3)nc3ccnn23)cc1.C[C@@H](Nc1c(Nc2ccncc2)c(=O)c1=O)c1ccccc1.Cc1nccc(Nc2cc(-c3cc4ccccc4o3)c3[nH]ncc3c2)n1. The van der Waals surface area contributed by atoms with Crippen LogP contribution < -0.4 is 42.2 Å². The molecule has 1 aliphatic carbocycles. The lowest BCUT2D eigenvalue weighted by Crippen LogP contribution is -2.37. The molecule has 1 fully saturated rings. The van der Waals surface area contributed by atoms with E-state index in [0.29, 0.717) is 24.0 Å². The van der Waals surface area contributed by atoms with E-state index >= 15 is 0 Å². The summed E-state index contributed by atoms with van der Waals surface area (Å²) in [5.74, 6) is 5.02. The average Bonchev–Trinajstić information content (AvgIpc) is 4.23. The van der Waals surface area contributed by atoms with Crippen LogP contribution >= 0.6 is 0 Å². The number of aryl methyl sites for hydroxylation is 1. The van der Waals surface area contributed by atoms with E-state index in [2.05, 4.69) is 63.8 Å². The molecule has 0 amide bonds. The number of aromatic amines is 1. The molecule has 0 spiro atoms. The molecule has 0 unspecified atom stereocenters. The highest BCUT2D eigenvalue weighted by molar-refractivity contribution is 5.97. The third-order valence-electron chi connectivity index (χ3n) is 13.0. The van der Waals surface area contributed by atoms with Gasteiger partial charge in [0.25, 0.3) is 10.9 Å². The van der Waals surface area contributed by atoms with Gasteiger partial charge in [-0.3, -0.25) is 19.7 Å². The zero-order valence-electron chi connectivity index (χ0n) is 42.1. The first-order chi connectivity index (χ1) is 36.7. The van der Waals surface area contributed by atoms with Crippen LogP contribution in [0, 0.1) is 13.8 Å². The molecule has 5 aromatic carbocycles. The Morgan fingerprint density at radius 1 is 0.747 bits per heavy atom. The Kier molecular flexibility index (Phi) is 14.8. The Bertz CT molecular complexity index is 3710. The van der Waals surface area contributed by atoms with E-state index < -0.39 is 10.9 Å². The minimum Gasteiger partial charge on any atom is -0.494 e. The lowest BCUT2D eigenvalue weighted by Gasteiger charge is -2.25. The number of nitrogens with zero attached hydrogens (tertiary/aromatic N) is 7. The Balaban J connectivity index is 0.000000129. The number of hydrogen-bond acceptors (Lipinski definition) is 15. The van der Waals surface area contributed by atoms with Crippen molar-refractivity contribution in [3.63, 3.8) is 0 Å². The van der Waals surface area contributed by atoms with Crippen LogP contribution in [0.4, 0.5) is 45.9 Å². The molecule has 0 saturated heterocycles. The highest BCUT2D eigenvalue weighted by atomic mass is 16.5. The van der Waals surface area contributed by atoms with Crippen LogP contribution in [-0.2, 0) is 0 Å². The number of fused-ring (bicyclic) bond motifs is 3. The number of rotatable bonds is 14. The second-order valence-electron chi connectivity index (χ2n) is 18.3. The predicted octanol–water partition coefficient (Wildman–Crippen LogP) is 12.3. The molecule has 12 rings (SSSR count). The number of para-hydroxylation sites is 1. The van der Waals surface area contributed by atoms with Gasteiger partial charge in [0.15, 0.2) is 5.65 Å². The molecule has 6 heterocycles. The van der Waals surface area contributed by atoms with E-state index in [9.17, 15) is 9.59 Å². The van der Waals surface area contributed by atoms with E-state index in [1.165, 1.54) is 32.1 Å². The first kappa shape index (κ1) is 49.2. The quantitative estimate of drug-likeness (QED) is 0.0559. The maximum Gasteiger partial charge on any atom is 0.253 e. The summed E-state index contributed by atoms with van der Waals surface area (Å²) >= 11 is 0. The molecule has 11 aromatic rings. The summed E-state index contributed by atoms with van der Waals surface area (Å²) in [5, 5.41) is 30.4. The van der Waals surface area contributed by atoms with Crippen molar-refractivity contribution in [3.8, 4) is 17.1 Å². The smallest absolute Gasteiger partial charge is 0.253 e. The van der Waals surface area contributed by atoms with E-state index in [1.807, 2.05) is 134 Å². The highest BCUT2D eigenvalue weighted by Crippen LogP contribution is 2.36. The van der Waals surface area contributed by atoms with Gasteiger partial charge in [0.1, 0.15) is 51.7 Å². The van der Waals surface area contributed by atoms with E-state index in [1.54, 1.807) is 43.1 Å².